The highest BCUT2D eigenvalue weighted by atomic mass is 79.9. The number of nitrogens with two attached hydrogens (primary N) is 1. The summed E-state index contributed by atoms with van der Waals surface area (Å²) >= 11 is 6.53. The van der Waals surface area contributed by atoms with Crippen LogP contribution in [-0.4, -0.2) is 16.3 Å². The fourth-order valence-electron chi connectivity index (χ4n) is 2.05. The van der Waals surface area contributed by atoms with Gasteiger partial charge in [0.05, 0.1) is 21.1 Å². The van der Waals surface area contributed by atoms with Crippen LogP contribution in [0.5, 0.6) is 5.75 Å². The van der Waals surface area contributed by atoms with Crippen molar-refractivity contribution in [3.63, 3.8) is 0 Å². The van der Waals surface area contributed by atoms with E-state index < -0.39 is 12.1 Å². The Hall–Kier alpha value is -0.100. The molecule has 0 saturated heterocycles. The van der Waals surface area contributed by atoms with Crippen LogP contribution in [0.4, 0.5) is 0 Å². The fraction of sp³-hybridized carbons (Fsp3) is 0.500. The minimum absolute atomic E-state index is 0.152. The number of benzene rings is 1. The largest absolute Gasteiger partial charge is 0.506 e. The molecule has 1 aromatic rings. The molecule has 1 aromatic carbocycles. The maximum absolute atomic E-state index is 10.1. The van der Waals surface area contributed by atoms with Gasteiger partial charge in [-0.2, -0.15) is 0 Å². The third kappa shape index (κ3) is 2.67. The summed E-state index contributed by atoms with van der Waals surface area (Å²) in [5.41, 5.74) is 6.88. The topological polar surface area (TPSA) is 66.5 Å². The molecule has 2 rings (SSSR count). The van der Waals surface area contributed by atoms with Gasteiger partial charge in [0.15, 0.2) is 0 Å². The Morgan fingerprint density at radius 1 is 1.24 bits per heavy atom. The molecule has 2 atom stereocenters. The molecular weight excluding hydrogens is 350 g/mol. The lowest BCUT2D eigenvalue weighted by molar-refractivity contribution is 0.0413. The second-order valence-electron chi connectivity index (χ2n) is 4.54. The second kappa shape index (κ2) is 5.26. The number of hydrogen-bond donors (Lipinski definition) is 3. The zero-order chi connectivity index (χ0) is 12.6. The van der Waals surface area contributed by atoms with Crippen molar-refractivity contribution in [3.05, 3.63) is 26.6 Å². The van der Waals surface area contributed by atoms with Gasteiger partial charge in [-0.15, -0.1) is 0 Å². The van der Waals surface area contributed by atoms with E-state index >= 15 is 0 Å². The highest BCUT2D eigenvalue weighted by Gasteiger charge is 2.31. The first kappa shape index (κ1) is 13.3. The zero-order valence-corrected chi connectivity index (χ0v) is 12.4. The lowest BCUT2D eigenvalue weighted by atomic mass is 9.77. The van der Waals surface area contributed by atoms with E-state index in [1.807, 2.05) is 0 Å². The predicted molar refractivity (Wildman–Crippen MR) is 73.8 cm³/mol. The van der Waals surface area contributed by atoms with Crippen molar-refractivity contribution in [2.75, 3.05) is 0 Å². The van der Waals surface area contributed by atoms with Gasteiger partial charge in [0.1, 0.15) is 5.75 Å². The molecule has 1 saturated carbocycles. The van der Waals surface area contributed by atoms with Gasteiger partial charge in [-0.3, -0.25) is 0 Å². The monoisotopic (exact) mass is 363 g/mol. The number of aliphatic hydroxyl groups excluding tert-OH is 1. The lowest BCUT2D eigenvalue weighted by Gasteiger charge is -2.34. The molecule has 17 heavy (non-hydrogen) atoms. The molecule has 1 aliphatic rings. The van der Waals surface area contributed by atoms with E-state index in [2.05, 4.69) is 31.9 Å². The molecular formula is C12H15Br2NO2. The molecule has 0 unspecified atom stereocenters. The first-order valence-corrected chi connectivity index (χ1v) is 7.21. The van der Waals surface area contributed by atoms with Crippen molar-refractivity contribution in [1.29, 1.82) is 0 Å². The number of halogens is 2. The minimum Gasteiger partial charge on any atom is -0.506 e. The van der Waals surface area contributed by atoms with Gasteiger partial charge in [-0.05, 0) is 68.3 Å². The summed E-state index contributed by atoms with van der Waals surface area (Å²) in [6, 6.07) is 3.10. The quantitative estimate of drug-likeness (QED) is 0.772. The molecule has 0 radical (unpaired) electrons. The number of phenolic OH excluding ortho intramolecular Hbond substituents is 1. The molecule has 1 aliphatic carbocycles. The Balaban J connectivity index is 2.21. The first-order valence-electron chi connectivity index (χ1n) is 5.62. The fourth-order valence-corrected chi connectivity index (χ4v) is 3.27. The Morgan fingerprint density at radius 3 is 2.18 bits per heavy atom. The number of aromatic hydroxyl groups is 1. The molecule has 0 amide bonds. The van der Waals surface area contributed by atoms with Gasteiger partial charge < -0.3 is 15.9 Å². The highest BCUT2D eigenvalue weighted by molar-refractivity contribution is 9.11. The molecule has 0 heterocycles. The molecule has 0 bridgehead atoms. The third-order valence-corrected chi connectivity index (χ3v) is 4.63. The van der Waals surface area contributed by atoms with Crippen LogP contribution in [0.1, 0.15) is 30.9 Å². The van der Waals surface area contributed by atoms with Gasteiger partial charge in [0.25, 0.3) is 0 Å². The molecule has 0 aliphatic heterocycles. The molecule has 1 fully saturated rings. The van der Waals surface area contributed by atoms with Gasteiger partial charge in [-0.25, -0.2) is 0 Å². The maximum Gasteiger partial charge on any atom is 0.143 e. The maximum atomic E-state index is 10.1. The van der Waals surface area contributed by atoms with Crippen molar-refractivity contribution in [2.24, 2.45) is 11.7 Å². The molecule has 4 N–H and O–H groups in total. The third-order valence-electron chi connectivity index (χ3n) is 3.42. The summed E-state index contributed by atoms with van der Waals surface area (Å²) in [7, 11) is 0. The zero-order valence-electron chi connectivity index (χ0n) is 9.24. The van der Waals surface area contributed by atoms with Crippen molar-refractivity contribution >= 4 is 31.9 Å². The number of phenols is 1. The van der Waals surface area contributed by atoms with Crippen LogP contribution >= 0.6 is 31.9 Å². The second-order valence-corrected chi connectivity index (χ2v) is 6.25. The van der Waals surface area contributed by atoms with Gasteiger partial charge in [0, 0.05) is 0 Å². The van der Waals surface area contributed by atoms with Crippen LogP contribution < -0.4 is 5.73 Å². The average molecular weight is 365 g/mol. The van der Waals surface area contributed by atoms with E-state index in [9.17, 15) is 10.2 Å². The molecule has 0 aromatic heterocycles. The van der Waals surface area contributed by atoms with Gasteiger partial charge in [0.2, 0.25) is 0 Å². The Labute approximate surface area is 117 Å². The molecule has 94 valence electrons. The predicted octanol–water partition coefficient (Wildman–Crippen LogP) is 3.08. The Bertz CT molecular complexity index is 398. The summed E-state index contributed by atoms with van der Waals surface area (Å²) in [6.45, 7) is 0. The summed E-state index contributed by atoms with van der Waals surface area (Å²) in [6.07, 6.45) is 2.77. The van der Waals surface area contributed by atoms with Crippen LogP contribution in [0.3, 0.4) is 0 Å². The first-order chi connectivity index (χ1) is 8.00. The van der Waals surface area contributed by atoms with Gasteiger partial charge in [-0.1, -0.05) is 6.42 Å². The average Bonchev–Trinajstić information content (AvgIpc) is 2.21. The van der Waals surface area contributed by atoms with E-state index in [1.54, 1.807) is 12.1 Å². The van der Waals surface area contributed by atoms with E-state index in [-0.39, 0.29) is 5.75 Å². The highest BCUT2D eigenvalue weighted by Crippen LogP contribution is 2.38. The van der Waals surface area contributed by atoms with Crippen molar-refractivity contribution in [1.82, 2.24) is 0 Å². The van der Waals surface area contributed by atoms with Crippen LogP contribution in [0.2, 0.25) is 0 Å². The lowest BCUT2D eigenvalue weighted by Crippen LogP contribution is -2.36. The molecule has 5 heteroatoms. The Kier molecular flexibility index (Phi) is 4.13. The van der Waals surface area contributed by atoms with Crippen LogP contribution in [-0.2, 0) is 0 Å². The summed E-state index contributed by atoms with van der Waals surface area (Å²) in [5, 5.41) is 19.7. The summed E-state index contributed by atoms with van der Waals surface area (Å²) in [5.74, 6) is 0.468. The van der Waals surface area contributed by atoms with Crippen molar-refractivity contribution < 1.29 is 10.2 Å². The van der Waals surface area contributed by atoms with E-state index in [0.29, 0.717) is 14.9 Å². The summed E-state index contributed by atoms with van der Waals surface area (Å²) < 4.78 is 1.16. The van der Waals surface area contributed by atoms with Crippen LogP contribution in [0.25, 0.3) is 0 Å². The minimum atomic E-state index is -0.507. The standard InChI is InChI=1S/C12H15Br2NO2/c13-8-4-7(5-9(14)12(8)17)10(15)11(16)6-2-1-3-6/h4-6,10-11,16-17H,1-3,15H2/t10-,11+/m1/s1. The molecule has 0 spiro atoms. The van der Waals surface area contributed by atoms with Crippen molar-refractivity contribution in [2.45, 2.75) is 31.4 Å². The van der Waals surface area contributed by atoms with E-state index in [4.69, 9.17) is 5.73 Å². The number of aliphatic hydroxyl groups is 1. The summed E-state index contributed by atoms with van der Waals surface area (Å²) in [4.78, 5) is 0. The van der Waals surface area contributed by atoms with Crippen LogP contribution in [0.15, 0.2) is 21.1 Å². The van der Waals surface area contributed by atoms with E-state index in [1.165, 1.54) is 6.42 Å². The normalized spacial score (nSPS) is 19.8. The smallest absolute Gasteiger partial charge is 0.143 e. The Morgan fingerprint density at radius 2 is 1.76 bits per heavy atom. The van der Waals surface area contributed by atoms with E-state index in [0.717, 1.165) is 18.4 Å². The van der Waals surface area contributed by atoms with Crippen LogP contribution in [0, 0.1) is 5.92 Å². The number of rotatable bonds is 3. The van der Waals surface area contributed by atoms with Crippen molar-refractivity contribution in [3.8, 4) is 5.75 Å². The SMILES string of the molecule is N[C@H](c1cc(Br)c(O)c(Br)c1)[C@@H](O)C1CCC1. The number of hydrogen-bond acceptors (Lipinski definition) is 3. The van der Waals surface area contributed by atoms with Gasteiger partial charge >= 0.3 is 0 Å². The molecule has 3 nitrogen and oxygen atoms in total.